The molecule has 0 fully saturated rings. The number of hydrogen-bond donors (Lipinski definition) is 0. The summed E-state index contributed by atoms with van der Waals surface area (Å²) in [4.78, 5) is 14.1. The molecule has 0 amide bonds. The van der Waals surface area contributed by atoms with Crippen LogP contribution in [0.5, 0.6) is 0 Å². The van der Waals surface area contributed by atoms with Gasteiger partial charge in [0, 0.05) is 5.56 Å². The van der Waals surface area contributed by atoms with Crippen LogP contribution in [0.25, 0.3) is 11.1 Å². The first-order chi connectivity index (χ1) is 5.40. The van der Waals surface area contributed by atoms with E-state index in [1.165, 1.54) is 6.39 Å². The van der Waals surface area contributed by atoms with Gasteiger partial charge in [0.2, 0.25) is 6.29 Å². The molecule has 0 unspecified atom stereocenters. The fourth-order valence-corrected chi connectivity index (χ4v) is 0.921. The van der Waals surface area contributed by atoms with Crippen LogP contribution in [0.1, 0.15) is 5.56 Å². The smallest absolute Gasteiger partial charge is 0.233 e. The highest BCUT2D eigenvalue weighted by Crippen LogP contribution is 2.12. The highest BCUT2D eigenvalue weighted by molar-refractivity contribution is 5.83. The molecule has 0 spiro atoms. The zero-order chi connectivity index (χ0) is 7.68. The molecule has 0 aliphatic heterocycles. The summed E-state index contributed by atoms with van der Waals surface area (Å²) >= 11 is 0. The standard InChI is InChI=1S/C8H4NO2/c10-4-6-1-2-8-7(3-6)9-5-11-8/h1-3,5H. The molecule has 3 heteroatoms. The lowest BCUT2D eigenvalue weighted by Gasteiger charge is -1.86. The van der Waals surface area contributed by atoms with Crippen molar-refractivity contribution in [1.82, 2.24) is 4.98 Å². The summed E-state index contributed by atoms with van der Waals surface area (Å²) in [6, 6.07) is 4.97. The van der Waals surface area contributed by atoms with Gasteiger partial charge in [0.25, 0.3) is 0 Å². The summed E-state index contributed by atoms with van der Waals surface area (Å²) in [5, 5.41) is 0. The second-order valence-corrected chi connectivity index (χ2v) is 2.14. The third-order valence-corrected chi connectivity index (χ3v) is 1.45. The summed E-state index contributed by atoms with van der Waals surface area (Å²) in [6.07, 6.45) is 3.12. The molecule has 0 bridgehead atoms. The molecule has 3 nitrogen and oxygen atoms in total. The highest BCUT2D eigenvalue weighted by Gasteiger charge is 1.98. The molecule has 53 valence electrons. The number of hydrogen-bond acceptors (Lipinski definition) is 3. The zero-order valence-electron chi connectivity index (χ0n) is 5.57. The second kappa shape index (κ2) is 2.20. The Morgan fingerprint density at radius 1 is 1.45 bits per heavy atom. The van der Waals surface area contributed by atoms with Gasteiger partial charge < -0.3 is 4.42 Å². The van der Waals surface area contributed by atoms with E-state index in [9.17, 15) is 4.79 Å². The molecule has 0 saturated heterocycles. The van der Waals surface area contributed by atoms with Gasteiger partial charge in [0.05, 0.1) is 0 Å². The zero-order valence-corrected chi connectivity index (χ0v) is 5.57. The minimum atomic E-state index is 0.492. The number of carbonyl (C=O) groups excluding carboxylic acids is 1. The summed E-state index contributed by atoms with van der Waals surface area (Å²) < 4.78 is 4.98. The molecular weight excluding hydrogens is 142 g/mol. The van der Waals surface area contributed by atoms with E-state index in [1.54, 1.807) is 24.5 Å². The van der Waals surface area contributed by atoms with Crippen LogP contribution in [0, 0.1) is 0 Å². The third-order valence-electron chi connectivity index (χ3n) is 1.45. The molecular formula is C8H4NO2. The van der Waals surface area contributed by atoms with Crippen LogP contribution in [0.15, 0.2) is 29.0 Å². The fourth-order valence-electron chi connectivity index (χ4n) is 0.921. The van der Waals surface area contributed by atoms with Crippen LogP contribution >= 0.6 is 0 Å². The highest BCUT2D eigenvalue weighted by atomic mass is 16.3. The van der Waals surface area contributed by atoms with Crippen molar-refractivity contribution in [1.29, 1.82) is 0 Å². The minimum absolute atomic E-state index is 0.492. The van der Waals surface area contributed by atoms with Crippen LogP contribution in [-0.2, 0) is 4.79 Å². The quantitative estimate of drug-likeness (QED) is 0.608. The number of oxazole rings is 1. The molecule has 0 N–H and O–H groups in total. The molecule has 0 saturated carbocycles. The van der Waals surface area contributed by atoms with E-state index < -0.39 is 0 Å². The largest absolute Gasteiger partial charge is 0.443 e. The summed E-state index contributed by atoms with van der Waals surface area (Å²) in [5.74, 6) is 0. The van der Waals surface area contributed by atoms with E-state index in [0.29, 0.717) is 16.7 Å². The maximum Gasteiger partial charge on any atom is 0.233 e. The Morgan fingerprint density at radius 3 is 3.18 bits per heavy atom. The van der Waals surface area contributed by atoms with Gasteiger partial charge >= 0.3 is 0 Å². The molecule has 1 aromatic heterocycles. The van der Waals surface area contributed by atoms with Crippen molar-refractivity contribution in [2.45, 2.75) is 0 Å². The van der Waals surface area contributed by atoms with Crippen LogP contribution in [0.2, 0.25) is 0 Å². The first kappa shape index (κ1) is 6.09. The van der Waals surface area contributed by atoms with E-state index >= 15 is 0 Å². The van der Waals surface area contributed by atoms with Gasteiger partial charge in [-0.05, 0) is 18.2 Å². The van der Waals surface area contributed by atoms with Gasteiger partial charge in [-0.25, -0.2) is 4.98 Å². The number of aromatic nitrogens is 1. The normalized spacial score (nSPS) is 10.2. The minimum Gasteiger partial charge on any atom is -0.443 e. The second-order valence-electron chi connectivity index (χ2n) is 2.14. The van der Waals surface area contributed by atoms with E-state index in [2.05, 4.69) is 4.98 Å². The van der Waals surface area contributed by atoms with Crippen molar-refractivity contribution < 1.29 is 9.21 Å². The Balaban J connectivity index is 2.76. The molecule has 0 aliphatic rings. The number of nitrogens with zero attached hydrogens (tertiary/aromatic N) is 1. The Bertz CT molecular complexity index is 392. The van der Waals surface area contributed by atoms with Crippen molar-refractivity contribution in [2.75, 3.05) is 0 Å². The van der Waals surface area contributed by atoms with E-state index in [4.69, 9.17) is 4.42 Å². The topological polar surface area (TPSA) is 43.1 Å². The van der Waals surface area contributed by atoms with Gasteiger partial charge in [-0.3, -0.25) is 4.79 Å². The number of fused-ring (bicyclic) bond motifs is 1. The van der Waals surface area contributed by atoms with E-state index in [0.717, 1.165) is 0 Å². The van der Waals surface area contributed by atoms with Gasteiger partial charge in [-0.1, -0.05) is 0 Å². The van der Waals surface area contributed by atoms with Gasteiger partial charge in [0.15, 0.2) is 12.0 Å². The molecule has 1 radical (unpaired) electrons. The van der Waals surface area contributed by atoms with Crippen LogP contribution in [0.4, 0.5) is 0 Å². The van der Waals surface area contributed by atoms with Crippen LogP contribution in [-0.4, -0.2) is 11.3 Å². The predicted octanol–water partition coefficient (Wildman–Crippen LogP) is 1.29. The Morgan fingerprint density at radius 2 is 2.36 bits per heavy atom. The van der Waals surface area contributed by atoms with Crippen molar-refractivity contribution in [3.63, 3.8) is 0 Å². The number of benzene rings is 1. The lowest BCUT2D eigenvalue weighted by molar-refractivity contribution is 0.563. The summed E-state index contributed by atoms with van der Waals surface area (Å²) in [7, 11) is 0. The van der Waals surface area contributed by atoms with Gasteiger partial charge in [-0.2, -0.15) is 0 Å². The lowest BCUT2D eigenvalue weighted by atomic mass is 10.2. The summed E-state index contributed by atoms with van der Waals surface area (Å²) in [5.41, 5.74) is 1.86. The average Bonchev–Trinajstić information content (AvgIpc) is 2.50. The van der Waals surface area contributed by atoms with E-state index in [1.807, 2.05) is 0 Å². The van der Waals surface area contributed by atoms with Crippen LogP contribution < -0.4 is 0 Å². The van der Waals surface area contributed by atoms with Gasteiger partial charge in [-0.15, -0.1) is 0 Å². The predicted molar refractivity (Wildman–Crippen MR) is 38.8 cm³/mol. The van der Waals surface area contributed by atoms with Crippen molar-refractivity contribution in [3.8, 4) is 0 Å². The van der Waals surface area contributed by atoms with Gasteiger partial charge in [0.1, 0.15) is 5.52 Å². The first-order valence-corrected chi connectivity index (χ1v) is 3.11. The molecule has 2 rings (SSSR count). The third kappa shape index (κ3) is 0.902. The molecule has 0 atom stereocenters. The maximum absolute atomic E-state index is 10.2. The monoisotopic (exact) mass is 146 g/mol. The van der Waals surface area contributed by atoms with E-state index in [-0.39, 0.29) is 0 Å². The fraction of sp³-hybridized carbons (Fsp3) is 0. The Labute approximate surface area is 62.7 Å². The molecule has 0 aliphatic carbocycles. The number of rotatable bonds is 1. The van der Waals surface area contributed by atoms with Crippen molar-refractivity contribution >= 4 is 17.4 Å². The Hall–Kier alpha value is -1.64. The molecule has 1 aromatic carbocycles. The van der Waals surface area contributed by atoms with Crippen LogP contribution in [0.3, 0.4) is 0 Å². The first-order valence-electron chi connectivity index (χ1n) is 3.11. The lowest BCUT2D eigenvalue weighted by Crippen LogP contribution is -1.77. The van der Waals surface area contributed by atoms with Crippen molar-refractivity contribution in [3.05, 3.63) is 30.2 Å². The molecule has 11 heavy (non-hydrogen) atoms. The maximum atomic E-state index is 10.2. The Kier molecular flexibility index (Phi) is 1.22. The molecule has 1 heterocycles. The van der Waals surface area contributed by atoms with Crippen molar-refractivity contribution in [2.24, 2.45) is 0 Å². The SMILES string of the molecule is O=[C]c1ccc2ocnc2c1. The average molecular weight is 146 g/mol. The summed E-state index contributed by atoms with van der Waals surface area (Å²) in [6.45, 7) is 0. The molecule has 2 aromatic rings.